The van der Waals surface area contributed by atoms with Crippen LogP contribution in [0.15, 0.2) is 51.7 Å². The third-order valence-corrected chi connectivity index (χ3v) is 6.74. The van der Waals surface area contributed by atoms with Gasteiger partial charge in [0.05, 0.1) is 11.0 Å². The van der Waals surface area contributed by atoms with E-state index < -0.39 is 23.0 Å². The maximum atomic E-state index is 13.1. The zero-order chi connectivity index (χ0) is 27.5. The molecule has 11 nitrogen and oxygen atoms in total. The molecule has 3 aromatic heterocycles. The van der Waals surface area contributed by atoms with Gasteiger partial charge in [-0.2, -0.15) is 0 Å². The molecule has 200 valence electrons. The van der Waals surface area contributed by atoms with Gasteiger partial charge in [-0.05, 0) is 70.4 Å². The molecule has 1 saturated carbocycles. The number of nitrogens with zero attached hydrogens (tertiary/aromatic N) is 5. The average molecular weight is 529 g/mol. The summed E-state index contributed by atoms with van der Waals surface area (Å²) in [7, 11) is 1.54. The fraction of sp³-hybridized carbons (Fsp3) is 0.321. The first kappa shape index (κ1) is 24.7. The molecule has 0 spiro atoms. The molecule has 0 bridgehead atoms. The largest absolute Gasteiger partial charge is 0.501 e. The number of hydrogen-bond acceptors (Lipinski definition) is 8. The highest BCUT2D eigenvalue weighted by molar-refractivity contribution is 5.90. The second-order valence-corrected chi connectivity index (χ2v) is 10.7. The summed E-state index contributed by atoms with van der Waals surface area (Å²) in [4.78, 5) is 39.5. The molecule has 6 rings (SSSR count). The molecule has 1 fully saturated rings. The Labute approximate surface area is 223 Å². The van der Waals surface area contributed by atoms with Crippen molar-refractivity contribution >= 4 is 33.9 Å². The van der Waals surface area contributed by atoms with Gasteiger partial charge in [-0.15, -0.1) is 0 Å². The molecule has 0 unspecified atom stereocenters. The number of amides is 1. The van der Waals surface area contributed by atoms with Gasteiger partial charge >= 0.3 is 6.09 Å². The van der Waals surface area contributed by atoms with E-state index >= 15 is 0 Å². The molecule has 0 atom stereocenters. The summed E-state index contributed by atoms with van der Waals surface area (Å²) in [6.45, 7) is 5.41. The lowest BCUT2D eigenvalue weighted by Gasteiger charge is -2.29. The summed E-state index contributed by atoms with van der Waals surface area (Å²) in [6, 6.07) is 12.7. The maximum Gasteiger partial charge on any atom is 0.412 e. The van der Waals surface area contributed by atoms with Gasteiger partial charge in [0.1, 0.15) is 11.1 Å². The van der Waals surface area contributed by atoms with Crippen molar-refractivity contribution in [1.29, 1.82) is 0 Å². The van der Waals surface area contributed by atoms with Gasteiger partial charge in [0.15, 0.2) is 22.9 Å². The first-order chi connectivity index (χ1) is 18.6. The van der Waals surface area contributed by atoms with Crippen LogP contribution in [-0.2, 0) is 11.8 Å². The van der Waals surface area contributed by atoms with Crippen molar-refractivity contribution in [2.45, 2.75) is 51.7 Å². The predicted molar refractivity (Wildman–Crippen MR) is 146 cm³/mol. The Hall–Kier alpha value is -4.67. The summed E-state index contributed by atoms with van der Waals surface area (Å²) < 4.78 is 14.5. The Bertz CT molecular complexity index is 1770. The Morgan fingerprint density at radius 2 is 1.85 bits per heavy atom. The highest BCUT2D eigenvalue weighted by atomic mass is 16.6. The van der Waals surface area contributed by atoms with Crippen molar-refractivity contribution in [3.05, 3.63) is 52.8 Å². The smallest absolute Gasteiger partial charge is 0.412 e. The summed E-state index contributed by atoms with van der Waals surface area (Å²) in [6.07, 6.45) is 2.39. The van der Waals surface area contributed by atoms with Gasteiger partial charge in [-0.25, -0.2) is 19.7 Å². The van der Waals surface area contributed by atoms with Gasteiger partial charge in [-0.1, -0.05) is 12.1 Å². The van der Waals surface area contributed by atoms with E-state index in [0.717, 1.165) is 24.8 Å². The number of para-hydroxylation sites is 2. The molecule has 0 aliphatic heterocycles. The van der Waals surface area contributed by atoms with Gasteiger partial charge in [0.2, 0.25) is 11.6 Å². The summed E-state index contributed by atoms with van der Waals surface area (Å²) >= 11 is 0. The highest BCUT2D eigenvalue weighted by Gasteiger charge is 2.29. The molecule has 0 saturated heterocycles. The molecule has 1 aliphatic rings. The Kier molecular flexibility index (Phi) is 5.67. The van der Waals surface area contributed by atoms with E-state index in [1.807, 2.05) is 22.8 Å². The number of carbonyl (C=O) groups excluding carboxylic acids is 1. The lowest BCUT2D eigenvalue weighted by molar-refractivity contribution is 0.0636. The van der Waals surface area contributed by atoms with Gasteiger partial charge in [-0.3, -0.25) is 14.7 Å². The number of anilines is 1. The SMILES string of the molecule is Cn1c(-c2nc3ccc(NC(=O)OC(C)(C)C)cc3n2C2CCC2)nc(-c2nc3ccccc3o2)c(O)c1=O. The Morgan fingerprint density at radius 3 is 2.54 bits per heavy atom. The zero-order valence-corrected chi connectivity index (χ0v) is 22.1. The maximum absolute atomic E-state index is 13.1. The second kappa shape index (κ2) is 8.97. The minimum absolute atomic E-state index is 0.0443. The minimum Gasteiger partial charge on any atom is -0.501 e. The highest BCUT2D eigenvalue weighted by Crippen LogP contribution is 2.39. The number of fused-ring (bicyclic) bond motifs is 2. The van der Waals surface area contributed by atoms with E-state index in [1.165, 1.54) is 4.57 Å². The summed E-state index contributed by atoms with van der Waals surface area (Å²) in [5, 5.41) is 13.5. The third-order valence-electron chi connectivity index (χ3n) is 6.74. The Morgan fingerprint density at radius 1 is 1.08 bits per heavy atom. The van der Waals surface area contributed by atoms with Gasteiger partial charge in [0.25, 0.3) is 5.56 Å². The van der Waals surface area contributed by atoms with Gasteiger partial charge in [0, 0.05) is 18.8 Å². The third kappa shape index (κ3) is 4.39. The van der Waals surface area contributed by atoms with Crippen LogP contribution in [0, 0.1) is 0 Å². The molecule has 2 N–H and O–H groups in total. The van der Waals surface area contributed by atoms with Crippen molar-refractivity contribution in [3.8, 4) is 29.0 Å². The predicted octanol–water partition coefficient (Wildman–Crippen LogP) is 5.38. The molecule has 11 heteroatoms. The number of hydrogen-bond donors (Lipinski definition) is 2. The van der Waals surface area contributed by atoms with Crippen molar-refractivity contribution in [1.82, 2.24) is 24.1 Å². The minimum atomic E-state index is -0.642. The lowest BCUT2D eigenvalue weighted by atomic mass is 9.92. The fourth-order valence-corrected chi connectivity index (χ4v) is 4.68. The van der Waals surface area contributed by atoms with Crippen LogP contribution in [0.1, 0.15) is 46.1 Å². The molecule has 39 heavy (non-hydrogen) atoms. The molecule has 1 amide bonds. The van der Waals surface area contributed by atoms with Crippen LogP contribution in [-0.4, -0.2) is 40.9 Å². The van der Waals surface area contributed by atoms with Crippen molar-refractivity contribution in [2.24, 2.45) is 7.05 Å². The number of carbonyl (C=O) groups is 1. The lowest BCUT2D eigenvalue weighted by Crippen LogP contribution is -2.27. The molecule has 0 radical (unpaired) electrons. The number of aromatic nitrogens is 5. The number of rotatable bonds is 4. The number of imidazole rings is 1. The molecule has 1 aliphatic carbocycles. The number of ether oxygens (including phenoxy) is 1. The molecule has 5 aromatic rings. The number of benzene rings is 2. The number of aromatic hydroxyl groups is 1. The Balaban J connectivity index is 1.50. The van der Waals surface area contributed by atoms with E-state index in [4.69, 9.17) is 14.1 Å². The molecular weight excluding hydrogens is 500 g/mol. The van der Waals surface area contributed by atoms with Crippen LogP contribution < -0.4 is 10.9 Å². The average Bonchev–Trinajstić information content (AvgIpc) is 3.42. The molecule has 3 heterocycles. The molecular formula is C28H28N6O5. The van der Waals surface area contributed by atoms with E-state index in [0.29, 0.717) is 28.1 Å². The van der Waals surface area contributed by atoms with Crippen LogP contribution in [0.4, 0.5) is 10.5 Å². The normalized spacial score (nSPS) is 14.1. The summed E-state index contributed by atoms with van der Waals surface area (Å²) in [5.41, 5.74) is 1.80. The van der Waals surface area contributed by atoms with Crippen molar-refractivity contribution in [3.63, 3.8) is 0 Å². The zero-order valence-electron chi connectivity index (χ0n) is 22.1. The summed E-state index contributed by atoms with van der Waals surface area (Å²) in [5.74, 6) is 0.228. The number of nitrogens with one attached hydrogen (secondary N) is 1. The van der Waals surface area contributed by atoms with Gasteiger partial charge < -0.3 is 18.8 Å². The first-order valence-electron chi connectivity index (χ1n) is 12.8. The molecule has 2 aromatic carbocycles. The standard InChI is InChI=1S/C28H28N6O5/c1-28(2,3)39-27(37)29-15-12-13-17-19(14-15)34(16-8-7-9-16)24(30-17)23-32-21(22(35)26(36)33(23)4)25-31-18-10-5-6-11-20(18)38-25/h5-6,10-14,16,35H,7-9H2,1-4H3,(H,29,37). The van der Waals surface area contributed by atoms with E-state index in [9.17, 15) is 14.7 Å². The van der Waals surface area contributed by atoms with Crippen molar-refractivity contribution in [2.75, 3.05) is 5.32 Å². The quantitative estimate of drug-likeness (QED) is 0.317. The van der Waals surface area contributed by atoms with Crippen LogP contribution in [0.25, 0.3) is 45.4 Å². The van der Waals surface area contributed by atoms with Crippen LogP contribution in [0.3, 0.4) is 0 Å². The van der Waals surface area contributed by atoms with Crippen LogP contribution in [0.5, 0.6) is 5.75 Å². The topological polar surface area (TPSA) is 137 Å². The van der Waals surface area contributed by atoms with E-state index in [2.05, 4.69) is 15.3 Å². The van der Waals surface area contributed by atoms with Crippen LogP contribution in [0.2, 0.25) is 0 Å². The van der Waals surface area contributed by atoms with E-state index in [-0.39, 0.29) is 23.5 Å². The van der Waals surface area contributed by atoms with Crippen LogP contribution >= 0.6 is 0 Å². The van der Waals surface area contributed by atoms with Crippen molar-refractivity contribution < 1.29 is 19.1 Å². The second-order valence-electron chi connectivity index (χ2n) is 10.7. The monoisotopic (exact) mass is 528 g/mol. The number of oxazole rings is 1. The fourth-order valence-electron chi connectivity index (χ4n) is 4.68. The first-order valence-corrected chi connectivity index (χ1v) is 12.8. The van der Waals surface area contributed by atoms with E-state index in [1.54, 1.807) is 52.1 Å².